The Morgan fingerprint density at radius 2 is 2.05 bits per heavy atom. The standard InChI is InChI=1S/C16H19NO3S/c1-11-4-6-12(7-5-11)21(19)16-13-3-2-10-17(13)20-15(16)9-8-14(16)18/h4-7,13,15H,2-3,8-10H2,1H3/t13-,15+,16+,21?/m1/s1. The average Bonchev–Trinajstić information content (AvgIpc) is 3.11. The summed E-state index contributed by atoms with van der Waals surface area (Å²) in [7, 11) is -1.35. The molecule has 112 valence electrons. The van der Waals surface area contributed by atoms with Gasteiger partial charge in [-0.1, -0.05) is 17.7 Å². The van der Waals surface area contributed by atoms with Gasteiger partial charge in [-0.05, 0) is 38.3 Å². The number of hydroxylamine groups is 2. The number of carbonyl (C=O) groups excluding carboxylic acids is 1. The Labute approximate surface area is 126 Å². The minimum Gasteiger partial charge on any atom is -0.298 e. The van der Waals surface area contributed by atoms with Gasteiger partial charge in [0.15, 0.2) is 10.5 Å². The first kappa shape index (κ1) is 13.6. The zero-order valence-electron chi connectivity index (χ0n) is 12.1. The molecule has 0 aromatic heterocycles. The average molecular weight is 305 g/mol. The number of Topliss-reactive ketones (excluding diaryl/α,β-unsaturated/α-hetero) is 1. The fraction of sp³-hybridized carbons (Fsp3) is 0.562. The highest BCUT2D eigenvalue weighted by molar-refractivity contribution is 7.87. The molecule has 4 nitrogen and oxygen atoms in total. The van der Waals surface area contributed by atoms with E-state index in [1.54, 1.807) is 0 Å². The summed E-state index contributed by atoms with van der Waals surface area (Å²) < 4.78 is 12.5. The van der Waals surface area contributed by atoms with Crippen molar-refractivity contribution in [2.75, 3.05) is 6.54 Å². The predicted octanol–water partition coefficient (Wildman–Crippen LogP) is 1.98. The van der Waals surface area contributed by atoms with Gasteiger partial charge >= 0.3 is 0 Å². The van der Waals surface area contributed by atoms with E-state index in [0.29, 0.717) is 12.8 Å². The Morgan fingerprint density at radius 3 is 2.81 bits per heavy atom. The quantitative estimate of drug-likeness (QED) is 0.838. The van der Waals surface area contributed by atoms with Gasteiger partial charge in [-0.15, -0.1) is 0 Å². The zero-order chi connectivity index (χ0) is 14.6. The van der Waals surface area contributed by atoms with Gasteiger partial charge < -0.3 is 0 Å². The van der Waals surface area contributed by atoms with E-state index in [2.05, 4.69) is 0 Å². The lowest BCUT2D eigenvalue weighted by Crippen LogP contribution is -2.53. The van der Waals surface area contributed by atoms with Crippen molar-refractivity contribution >= 4 is 16.6 Å². The summed E-state index contributed by atoms with van der Waals surface area (Å²) in [5.74, 6) is 0.126. The number of ketones is 1. The van der Waals surface area contributed by atoms with E-state index in [1.807, 2.05) is 36.3 Å². The van der Waals surface area contributed by atoms with E-state index in [4.69, 9.17) is 4.84 Å². The molecule has 1 saturated carbocycles. The van der Waals surface area contributed by atoms with E-state index >= 15 is 0 Å². The van der Waals surface area contributed by atoms with Crippen LogP contribution in [0.5, 0.6) is 0 Å². The van der Waals surface area contributed by atoms with Crippen molar-refractivity contribution < 1.29 is 13.8 Å². The molecule has 3 fully saturated rings. The summed E-state index contributed by atoms with van der Waals surface area (Å²) in [6.45, 7) is 2.85. The fourth-order valence-electron chi connectivity index (χ4n) is 4.04. The van der Waals surface area contributed by atoms with Crippen molar-refractivity contribution in [1.29, 1.82) is 0 Å². The van der Waals surface area contributed by atoms with Crippen LogP contribution in [0.4, 0.5) is 0 Å². The molecule has 1 unspecified atom stereocenters. The van der Waals surface area contributed by atoms with Crippen LogP contribution in [0, 0.1) is 6.92 Å². The highest BCUT2D eigenvalue weighted by Gasteiger charge is 2.67. The Bertz CT molecular complexity index is 614. The van der Waals surface area contributed by atoms with Crippen LogP contribution in [0.2, 0.25) is 0 Å². The van der Waals surface area contributed by atoms with Crippen LogP contribution in [0.15, 0.2) is 29.2 Å². The molecule has 0 spiro atoms. The lowest BCUT2D eigenvalue weighted by molar-refractivity contribution is -0.147. The number of fused-ring (bicyclic) bond motifs is 3. The number of nitrogens with zero attached hydrogens (tertiary/aromatic N) is 1. The third-order valence-corrected chi connectivity index (χ3v) is 7.13. The topological polar surface area (TPSA) is 46.6 Å². The van der Waals surface area contributed by atoms with Gasteiger partial charge in [0.2, 0.25) is 0 Å². The molecule has 2 heterocycles. The predicted molar refractivity (Wildman–Crippen MR) is 79.2 cm³/mol. The monoisotopic (exact) mass is 305 g/mol. The van der Waals surface area contributed by atoms with E-state index < -0.39 is 15.5 Å². The third-order valence-electron chi connectivity index (χ3n) is 5.05. The van der Waals surface area contributed by atoms with Crippen molar-refractivity contribution in [3.63, 3.8) is 0 Å². The largest absolute Gasteiger partial charge is 0.298 e. The molecule has 4 rings (SSSR count). The van der Waals surface area contributed by atoms with Gasteiger partial charge in [-0.2, -0.15) is 5.06 Å². The number of hydrogen-bond acceptors (Lipinski definition) is 4. The number of carbonyl (C=O) groups is 1. The molecule has 4 atom stereocenters. The van der Waals surface area contributed by atoms with E-state index in [0.717, 1.165) is 29.8 Å². The van der Waals surface area contributed by atoms with Gasteiger partial charge in [0.05, 0.1) is 16.8 Å². The van der Waals surface area contributed by atoms with Gasteiger partial charge in [-0.3, -0.25) is 13.8 Å². The highest BCUT2D eigenvalue weighted by Crippen LogP contribution is 2.50. The molecule has 0 N–H and O–H groups in total. The number of benzene rings is 1. The molecule has 0 radical (unpaired) electrons. The summed E-state index contributed by atoms with van der Waals surface area (Å²) in [6.07, 6.45) is 2.89. The molecule has 21 heavy (non-hydrogen) atoms. The molecule has 5 heteroatoms. The number of hydrogen-bond donors (Lipinski definition) is 0. The van der Waals surface area contributed by atoms with Crippen LogP contribution in [0.3, 0.4) is 0 Å². The molecule has 0 bridgehead atoms. The second-order valence-corrected chi connectivity index (χ2v) is 7.91. The molecule has 3 aliphatic rings. The first-order chi connectivity index (χ1) is 10.1. The summed E-state index contributed by atoms with van der Waals surface area (Å²) in [5.41, 5.74) is 1.13. The zero-order valence-corrected chi connectivity index (χ0v) is 12.9. The van der Waals surface area contributed by atoms with Crippen LogP contribution in [-0.2, 0) is 20.4 Å². The van der Waals surface area contributed by atoms with Gasteiger partial charge in [0, 0.05) is 17.9 Å². The first-order valence-corrected chi connectivity index (χ1v) is 8.74. The summed E-state index contributed by atoms with van der Waals surface area (Å²) in [5, 5.41) is 1.92. The maximum absolute atomic E-state index is 13.3. The van der Waals surface area contributed by atoms with Crippen molar-refractivity contribution in [3.05, 3.63) is 29.8 Å². The van der Waals surface area contributed by atoms with Crippen LogP contribution in [0.25, 0.3) is 0 Å². The molecule has 2 saturated heterocycles. The Hall–Kier alpha value is -1.04. The Kier molecular flexibility index (Phi) is 3.07. The lowest BCUT2D eigenvalue weighted by Gasteiger charge is -2.29. The normalized spacial score (nSPS) is 36.7. The fourth-order valence-corrected chi connectivity index (χ4v) is 6.01. The van der Waals surface area contributed by atoms with Crippen LogP contribution < -0.4 is 0 Å². The maximum atomic E-state index is 13.3. The van der Waals surface area contributed by atoms with Crippen LogP contribution in [-0.4, -0.2) is 38.5 Å². The minimum atomic E-state index is -1.35. The summed E-state index contributed by atoms with van der Waals surface area (Å²) in [4.78, 5) is 19.4. The SMILES string of the molecule is Cc1ccc(S(=O)[C@@]23C(=O)CC[C@@H]2ON2CCC[C@@H]23)cc1. The molecular weight excluding hydrogens is 286 g/mol. The van der Waals surface area contributed by atoms with E-state index in [-0.39, 0.29) is 17.9 Å². The molecule has 1 aromatic carbocycles. The van der Waals surface area contributed by atoms with E-state index in [9.17, 15) is 9.00 Å². The van der Waals surface area contributed by atoms with Crippen molar-refractivity contribution in [2.45, 2.75) is 54.4 Å². The summed E-state index contributed by atoms with van der Waals surface area (Å²) >= 11 is 0. The van der Waals surface area contributed by atoms with Gasteiger partial charge in [0.25, 0.3) is 0 Å². The lowest BCUT2D eigenvalue weighted by atomic mass is 9.94. The maximum Gasteiger partial charge on any atom is 0.156 e. The van der Waals surface area contributed by atoms with Gasteiger partial charge in [0.1, 0.15) is 6.10 Å². The molecule has 1 aliphatic carbocycles. The molecular formula is C16H19NO3S. The van der Waals surface area contributed by atoms with Crippen LogP contribution >= 0.6 is 0 Å². The summed E-state index contributed by atoms with van der Waals surface area (Å²) in [6, 6.07) is 7.68. The molecule has 0 amide bonds. The number of rotatable bonds is 2. The Balaban J connectivity index is 1.80. The second-order valence-electron chi connectivity index (χ2n) is 6.23. The molecule has 1 aromatic rings. The molecule has 2 aliphatic heterocycles. The highest BCUT2D eigenvalue weighted by atomic mass is 32.2. The number of aryl methyl sites for hydroxylation is 1. The van der Waals surface area contributed by atoms with Gasteiger partial charge in [-0.25, -0.2) is 0 Å². The first-order valence-electron chi connectivity index (χ1n) is 7.59. The van der Waals surface area contributed by atoms with Crippen LogP contribution in [0.1, 0.15) is 31.2 Å². The van der Waals surface area contributed by atoms with E-state index in [1.165, 1.54) is 0 Å². The second kappa shape index (κ2) is 4.73. The van der Waals surface area contributed by atoms with Crippen molar-refractivity contribution in [3.8, 4) is 0 Å². The van der Waals surface area contributed by atoms with Crippen molar-refractivity contribution in [1.82, 2.24) is 5.06 Å². The smallest absolute Gasteiger partial charge is 0.156 e. The third kappa shape index (κ3) is 1.74. The van der Waals surface area contributed by atoms with Crippen molar-refractivity contribution in [2.24, 2.45) is 0 Å². The Morgan fingerprint density at radius 1 is 1.29 bits per heavy atom. The minimum absolute atomic E-state index is 0.0142.